The van der Waals surface area contributed by atoms with Crippen molar-refractivity contribution in [3.05, 3.63) is 69.3 Å². The number of hydrogen-bond donors (Lipinski definition) is 2. The second-order valence-corrected chi connectivity index (χ2v) is 8.97. The highest BCUT2D eigenvalue weighted by Crippen LogP contribution is 2.50. The summed E-state index contributed by atoms with van der Waals surface area (Å²) in [6.45, 7) is 12.6. The smallest absolute Gasteiger partial charge is 0.122 e. The van der Waals surface area contributed by atoms with Crippen molar-refractivity contribution in [1.29, 1.82) is 0 Å². The fourth-order valence-electron chi connectivity index (χ4n) is 5.29. The average molecular weight is 393 g/mol. The Kier molecular flexibility index (Phi) is 6.41. The fraction of sp³-hybridized carbons (Fsp3) is 0.481. The summed E-state index contributed by atoms with van der Waals surface area (Å²) in [5.74, 6) is 1.53. The summed E-state index contributed by atoms with van der Waals surface area (Å²) in [6, 6.07) is 8.31. The molecule has 2 unspecified atom stereocenters. The van der Waals surface area contributed by atoms with Gasteiger partial charge in [0.2, 0.25) is 0 Å². The number of aryl methyl sites for hydroxylation is 4. The maximum atomic E-state index is 11.1. The van der Waals surface area contributed by atoms with Crippen LogP contribution in [0.4, 0.5) is 0 Å². The lowest BCUT2D eigenvalue weighted by atomic mass is 9.67. The third kappa shape index (κ3) is 4.22. The molecule has 2 heteroatoms. The van der Waals surface area contributed by atoms with Crippen LogP contribution < -0.4 is 0 Å². The van der Waals surface area contributed by atoms with E-state index in [1.807, 2.05) is 26.0 Å². The molecule has 29 heavy (non-hydrogen) atoms. The molecule has 2 aromatic rings. The van der Waals surface area contributed by atoms with Crippen molar-refractivity contribution in [2.45, 2.75) is 73.1 Å². The summed E-state index contributed by atoms with van der Waals surface area (Å²) >= 11 is 0. The van der Waals surface area contributed by atoms with Gasteiger partial charge in [-0.3, -0.25) is 0 Å². The first-order chi connectivity index (χ1) is 13.8. The summed E-state index contributed by atoms with van der Waals surface area (Å²) in [5, 5.41) is 22.1. The monoisotopic (exact) mass is 392 g/mol. The van der Waals surface area contributed by atoms with Gasteiger partial charge in [-0.05, 0) is 76.3 Å². The molecule has 156 valence electrons. The SMILES string of the molecule is CCC1=CC(CC)C(C(c2cc(C)cc(C)c2O)c2cc(C)cc(C)c2O)CC1. The molecule has 2 atom stereocenters. The van der Waals surface area contributed by atoms with E-state index in [2.05, 4.69) is 45.9 Å². The maximum Gasteiger partial charge on any atom is 0.122 e. The predicted molar refractivity (Wildman–Crippen MR) is 122 cm³/mol. The zero-order valence-corrected chi connectivity index (χ0v) is 18.8. The zero-order chi connectivity index (χ0) is 21.3. The molecule has 0 aromatic heterocycles. The van der Waals surface area contributed by atoms with Gasteiger partial charge in [-0.25, -0.2) is 0 Å². The highest BCUT2D eigenvalue weighted by Gasteiger charge is 2.35. The molecule has 1 aliphatic rings. The molecular formula is C27H36O2. The van der Waals surface area contributed by atoms with Gasteiger partial charge in [-0.15, -0.1) is 0 Å². The van der Waals surface area contributed by atoms with Crippen LogP contribution >= 0.6 is 0 Å². The van der Waals surface area contributed by atoms with Crippen LogP contribution in [0.15, 0.2) is 35.9 Å². The van der Waals surface area contributed by atoms with Crippen molar-refractivity contribution in [2.24, 2.45) is 11.8 Å². The minimum absolute atomic E-state index is 0.0215. The van der Waals surface area contributed by atoms with E-state index in [1.165, 1.54) is 0 Å². The van der Waals surface area contributed by atoms with Crippen LogP contribution in [0.1, 0.15) is 78.8 Å². The van der Waals surface area contributed by atoms with Crippen LogP contribution in [0.3, 0.4) is 0 Å². The Morgan fingerprint density at radius 2 is 1.38 bits per heavy atom. The van der Waals surface area contributed by atoms with Gasteiger partial charge in [-0.2, -0.15) is 0 Å². The van der Waals surface area contributed by atoms with Crippen molar-refractivity contribution in [3.63, 3.8) is 0 Å². The van der Waals surface area contributed by atoms with Crippen LogP contribution in [0.5, 0.6) is 11.5 Å². The summed E-state index contributed by atoms with van der Waals surface area (Å²) in [4.78, 5) is 0. The Morgan fingerprint density at radius 1 is 0.862 bits per heavy atom. The van der Waals surface area contributed by atoms with Gasteiger partial charge in [0.15, 0.2) is 0 Å². The fourth-order valence-corrected chi connectivity index (χ4v) is 5.29. The molecule has 3 rings (SSSR count). The molecule has 1 aliphatic carbocycles. The van der Waals surface area contributed by atoms with Gasteiger partial charge >= 0.3 is 0 Å². The molecule has 0 saturated heterocycles. The van der Waals surface area contributed by atoms with Crippen LogP contribution in [0.25, 0.3) is 0 Å². The van der Waals surface area contributed by atoms with E-state index in [-0.39, 0.29) is 5.92 Å². The zero-order valence-electron chi connectivity index (χ0n) is 18.8. The Labute approximate surface area is 176 Å². The topological polar surface area (TPSA) is 40.5 Å². The number of phenolic OH excluding ortho intramolecular Hbond substituents is 2. The van der Waals surface area contributed by atoms with E-state index in [0.717, 1.165) is 59.1 Å². The lowest BCUT2D eigenvalue weighted by Gasteiger charge is -2.37. The van der Waals surface area contributed by atoms with Gasteiger partial charge in [0.25, 0.3) is 0 Å². The first kappa shape index (κ1) is 21.5. The van der Waals surface area contributed by atoms with Crippen LogP contribution in [-0.2, 0) is 0 Å². The minimum Gasteiger partial charge on any atom is -0.507 e. The molecule has 0 aliphatic heterocycles. The van der Waals surface area contributed by atoms with Crippen molar-refractivity contribution < 1.29 is 10.2 Å². The van der Waals surface area contributed by atoms with E-state index in [1.54, 1.807) is 5.57 Å². The van der Waals surface area contributed by atoms with Crippen molar-refractivity contribution in [1.82, 2.24) is 0 Å². The van der Waals surface area contributed by atoms with E-state index in [4.69, 9.17) is 0 Å². The van der Waals surface area contributed by atoms with Crippen LogP contribution in [0.2, 0.25) is 0 Å². The Balaban J connectivity index is 2.25. The van der Waals surface area contributed by atoms with E-state index < -0.39 is 0 Å². The molecule has 0 saturated carbocycles. The Bertz CT molecular complexity index is 865. The van der Waals surface area contributed by atoms with Crippen molar-refractivity contribution in [3.8, 4) is 11.5 Å². The molecule has 2 aromatic carbocycles. The van der Waals surface area contributed by atoms with Gasteiger partial charge < -0.3 is 10.2 Å². The molecule has 2 nitrogen and oxygen atoms in total. The van der Waals surface area contributed by atoms with Crippen LogP contribution in [-0.4, -0.2) is 10.2 Å². The largest absolute Gasteiger partial charge is 0.507 e. The summed E-state index contributed by atoms with van der Waals surface area (Å²) in [6.07, 6.45) is 6.84. The Morgan fingerprint density at radius 3 is 1.83 bits per heavy atom. The number of benzene rings is 2. The molecule has 0 fully saturated rings. The van der Waals surface area contributed by atoms with E-state index in [9.17, 15) is 10.2 Å². The number of allylic oxidation sites excluding steroid dienone is 2. The molecular weight excluding hydrogens is 356 g/mol. The first-order valence-corrected chi connectivity index (χ1v) is 11.1. The van der Waals surface area contributed by atoms with Crippen molar-refractivity contribution >= 4 is 0 Å². The quantitative estimate of drug-likeness (QED) is 0.527. The second kappa shape index (κ2) is 8.65. The maximum absolute atomic E-state index is 11.1. The van der Waals surface area contributed by atoms with Gasteiger partial charge in [0, 0.05) is 17.0 Å². The Hall–Kier alpha value is -2.22. The predicted octanol–water partition coefficient (Wildman–Crippen LogP) is 7.24. The molecule has 0 heterocycles. The standard InChI is InChI=1S/C27H36O2/c1-7-20-9-10-22(21(8-2)15-20)25(23-13-16(3)11-18(5)26(23)28)24-14-17(4)12-19(6)27(24)29/h11-15,21-22,25,28-29H,7-10H2,1-6H3. The van der Waals surface area contributed by atoms with Gasteiger partial charge in [-0.1, -0.05) is 60.9 Å². The van der Waals surface area contributed by atoms with Crippen LogP contribution in [0, 0.1) is 39.5 Å². The summed E-state index contributed by atoms with van der Waals surface area (Å²) in [7, 11) is 0. The molecule has 0 spiro atoms. The molecule has 0 bridgehead atoms. The lowest BCUT2D eigenvalue weighted by molar-refractivity contribution is 0.296. The van der Waals surface area contributed by atoms with E-state index in [0.29, 0.717) is 23.3 Å². The third-order valence-electron chi connectivity index (χ3n) is 6.77. The first-order valence-electron chi connectivity index (χ1n) is 11.1. The minimum atomic E-state index is -0.0215. The normalized spacial score (nSPS) is 19.5. The summed E-state index contributed by atoms with van der Waals surface area (Å²) in [5.41, 5.74) is 7.57. The van der Waals surface area contributed by atoms with Crippen molar-refractivity contribution in [2.75, 3.05) is 0 Å². The number of phenols is 2. The summed E-state index contributed by atoms with van der Waals surface area (Å²) < 4.78 is 0. The highest BCUT2D eigenvalue weighted by molar-refractivity contribution is 5.54. The second-order valence-electron chi connectivity index (χ2n) is 8.97. The lowest BCUT2D eigenvalue weighted by Crippen LogP contribution is -2.26. The molecule has 0 radical (unpaired) electrons. The van der Waals surface area contributed by atoms with E-state index >= 15 is 0 Å². The number of rotatable bonds is 5. The molecule has 2 N–H and O–H groups in total. The number of hydrogen-bond acceptors (Lipinski definition) is 2. The number of aromatic hydroxyl groups is 2. The van der Waals surface area contributed by atoms with Gasteiger partial charge in [0.05, 0.1) is 0 Å². The third-order valence-corrected chi connectivity index (χ3v) is 6.77. The molecule has 0 amide bonds. The average Bonchev–Trinajstić information content (AvgIpc) is 2.69. The van der Waals surface area contributed by atoms with Gasteiger partial charge in [0.1, 0.15) is 11.5 Å². The highest BCUT2D eigenvalue weighted by atomic mass is 16.3.